The summed E-state index contributed by atoms with van der Waals surface area (Å²) >= 11 is 0. The quantitative estimate of drug-likeness (QED) is 0.824. The lowest BCUT2D eigenvalue weighted by molar-refractivity contribution is 0.0567. The molecule has 2 aliphatic rings. The average molecular weight is 314 g/mol. The van der Waals surface area contributed by atoms with Crippen molar-refractivity contribution in [3.8, 4) is 0 Å². The third-order valence-electron chi connectivity index (χ3n) is 5.10. The van der Waals surface area contributed by atoms with Crippen molar-refractivity contribution in [3.63, 3.8) is 0 Å². The number of aromatic nitrogens is 3. The number of hydrogen-bond donors (Lipinski definition) is 1. The Morgan fingerprint density at radius 1 is 1.30 bits per heavy atom. The summed E-state index contributed by atoms with van der Waals surface area (Å²) < 4.78 is 1.46. The highest BCUT2D eigenvalue weighted by Crippen LogP contribution is 2.31. The molecule has 2 fully saturated rings. The van der Waals surface area contributed by atoms with Crippen LogP contribution in [0.15, 0.2) is 24.5 Å². The number of nitrogens with zero attached hydrogens (tertiary/aromatic N) is 5. The van der Waals surface area contributed by atoms with Crippen LogP contribution in [0.25, 0.3) is 5.52 Å². The fourth-order valence-electron chi connectivity index (χ4n) is 3.50. The number of nitrogens with one attached hydrogen (secondary N) is 1. The molecule has 4 rings (SSSR count). The number of piperidine rings is 1. The highest BCUT2D eigenvalue weighted by molar-refractivity contribution is 6.00. The van der Waals surface area contributed by atoms with Gasteiger partial charge in [-0.2, -0.15) is 14.8 Å². The van der Waals surface area contributed by atoms with Crippen LogP contribution in [0.2, 0.25) is 0 Å². The van der Waals surface area contributed by atoms with Crippen molar-refractivity contribution >= 4 is 17.5 Å². The van der Waals surface area contributed by atoms with Gasteiger partial charge in [0.1, 0.15) is 5.52 Å². The standard InChI is InChI=1S/C15H18N6O2/c1-19-14(23)16-10-15(19)4-7-20(8-5-15)13(22)11-9-18-21-12(11)3-2-6-17-21/h2-3,6,9H,4-5,7-8,10H2,1H3,(H,16,23). The Kier molecular flexibility index (Phi) is 3.00. The summed E-state index contributed by atoms with van der Waals surface area (Å²) in [7, 11) is 1.83. The van der Waals surface area contributed by atoms with Crippen LogP contribution in [-0.4, -0.2) is 68.8 Å². The maximum absolute atomic E-state index is 12.8. The largest absolute Gasteiger partial charge is 0.338 e. The van der Waals surface area contributed by atoms with Crippen LogP contribution in [0.1, 0.15) is 23.2 Å². The van der Waals surface area contributed by atoms with Crippen LogP contribution in [0.4, 0.5) is 4.79 Å². The van der Waals surface area contributed by atoms with Crippen LogP contribution in [0.5, 0.6) is 0 Å². The first-order valence-corrected chi connectivity index (χ1v) is 7.71. The molecule has 3 amide bonds. The number of amides is 3. The fourth-order valence-corrected chi connectivity index (χ4v) is 3.50. The topological polar surface area (TPSA) is 82.8 Å². The minimum Gasteiger partial charge on any atom is -0.338 e. The summed E-state index contributed by atoms with van der Waals surface area (Å²) in [6, 6.07) is 3.61. The van der Waals surface area contributed by atoms with Crippen LogP contribution < -0.4 is 5.32 Å². The van der Waals surface area contributed by atoms with E-state index in [2.05, 4.69) is 15.5 Å². The zero-order valence-corrected chi connectivity index (χ0v) is 12.9. The monoisotopic (exact) mass is 314 g/mol. The van der Waals surface area contributed by atoms with Gasteiger partial charge in [0.25, 0.3) is 5.91 Å². The van der Waals surface area contributed by atoms with E-state index in [-0.39, 0.29) is 17.5 Å². The molecule has 0 bridgehead atoms. The van der Waals surface area contributed by atoms with E-state index >= 15 is 0 Å². The first-order chi connectivity index (χ1) is 11.1. The molecule has 0 radical (unpaired) electrons. The van der Waals surface area contributed by atoms with E-state index in [0.29, 0.717) is 30.7 Å². The number of likely N-dealkylation sites (N-methyl/N-ethyl adjacent to an activating group) is 1. The molecule has 23 heavy (non-hydrogen) atoms. The van der Waals surface area contributed by atoms with Gasteiger partial charge in [-0.15, -0.1) is 0 Å². The van der Waals surface area contributed by atoms with Crippen molar-refractivity contribution in [2.24, 2.45) is 0 Å². The predicted octanol–water partition coefficient (Wildman–Crippen LogP) is 0.359. The van der Waals surface area contributed by atoms with Crippen molar-refractivity contribution in [1.82, 2.24) is 29.9 Å². The summed E-state index contributed by atoms with van der Waals surface area (Å²) in [5.74, 6) is -0.0252. The molecular formula is C15H18N6O2. The number of fused-ring (bicyclic) bond motifs is 1. The van der Waals surface area contributed by atoms with Gasteiger partial charge in [-0.3, -0.25) is 4.79 Å². The number of urea groups is 1. The minimum atomic E-state index is -0.156. The smallest absolute Gasteiger partial charge is 0.317 e. The molecule has 4 heterocycles. The van der Waals surface area contributed by atoms with Gasteiger partial charge in [-0.25, -0.2) is 4.79 Å². The normalized spacial score (nSPS) is 20.3. The molecule has 0 saturated carbocycles. The molecule has 8 nitrogen and oxygen atoms in total. The maximum Gasteiger partial charge on any atom is 0.317 e. The highest BCUT2D eigenvalue weighted by atomic mass is 16.2. The zero-order chi connectivity index (χ0) is 16.0. The van der Waals surface area contributed by atoms with E-state index in [4.69, 9.17) is 0 Å². The van der Waals surface area contributed by atoms with Gasteiger partial charge in [0, 0.05) is 32.9 Å². The van der Waals surface area contributed by atoms with Gasteiger partial charge in [0.05, 0.1) is 17.3 Å². The Balaban J connectivity index is 1.52. The Hall–Kier alpha value is -2.64. The summed E-state index contributed by atoms with van der Waals surface area (Å²) in [4.78, 5) is 28.1. The third kappa shape index (κ3) is 2.05. The molecule has 2 aromatic heterocycles. The molecular weight excluding hydrogens is 296 g/mol. The van der Waals surface area contributed by atoms with Gasteiger partial charge in [-0.05, 0) is 25.0 Å². The van der Waals surface area contributed by atoms with E-state index in [1.54, 1.807) is 23.4 Å². The molecule has 2 aliphatic heterocycles. The summed E-state index contributed by atoms with van der Waals surface area (Å²) in [5, 5.41) is 11.1. The molecule has 2 saturated heterocycles. The van der Waals surface area contributed by atoms with Crippen molar-refractivity contribution in [3.05, 3.63) is 30.1 Å². The first kappa shape index (κ1) is 14.0. The second-order valence-corrected chi connectivity index (χ2v) is 6.19. The molecule has 120 valence electrons. The van der Waals surface area contributed by atoms with E-state index in [1.807, 2.05) is 18.0 Å². The van der Waals surface area contributed by atoms with E-state index in [9.17, 15) is 9.59 Å². The summed E-state index contributed by atoms with van der Waals surface area (Å²) in [6.07, 6.45) is 4.78. The second-order valence-electron chi connectivity index (χ2n) is 6.19. The predicted molar refractivity (Wildman–Crippen MR) is 82.0 cm³/mol. The average Bonchev–Trinajstić information content (AvgIpc) is 3.13. The van der Waals surface area contributed by atoms with Gasteiger partial charge in [0.2, 0.25) is 0 Å². The van der Waals surface area contributed by atoms with Crippen molar-refractivity contribution < 1.29 is 9.59 Å². The lowest BCUT2D eigenvalue weighted by Gasteiger charge is -2.42. The Morgan fingerprint density at radius 2 is 2.09 bits per heavy atom. The molecule has 0 atom stereocenters. The molecule has 0 aliphatic carbocycles. The lowest BCUT2D eigenvalue weighted by atomic mass is 9.87. The Labute approximate surface area is 133 Å². The molecule has 1 spiro atoms. The number of hydrogen-bond acceptors (Lipinski definition) is 4. The Morgan fingerprint density at radius 3 is 2.78 bits per heavy atom. The van der Waals surface area contributed by atoms with Crippen molar-refractivity contribution in [2.75, 3.05) is 26.7 Å². The SMILES string of the molecule is CN1C(=O)NCC12CCN(C(=O)c1cnn3ncccc13)CC2. The van der Waals surface area contributed by atoms with Crippen molar-refractivity contribution in [1.29, 1.82) is 0 Å². The number of carbonyl (C=O) groups excluding carboxylic acids is 2. The lowest BCUT2D eigenvalue weighted by Crippen LogP contribution is -2.54. The second kappa shape index (κ2) is 4.94. The minimum absolute atomic E-state index is 0.0252. The Bertz CT molecular complexity index is 777. The molecule has 0 aromatic carbocycles. The fraction of sp³-hybridized carbons (Fsp3) is 0.467. The summed E-state index contributed by atoms with van der Waals surface area (Å²) in [5.41, 5.74) is 1.13. The van der Waals surface area contributed by atoms with Gasteiger partial charge in [-0.1, -0.05) is 0 Å². The van der Waals surface area contributed by atoms with Gasteiger partial charge >= 0.3 is 6.03 Å². The summed E-state index contributed by atoms with van der Waals surface area (Å²) in [6.45, 7) is 1.93. The number of rotatable bonds is 1. The van der Waals surface area contributed by atoms with Crippen LogP contribution >= 0.6 is 0 Å². The van der Waals surface area contributed by atoms with Gasteiger partial charge < -0.3 is 15.1 Å². The molecule has 1 N–H and O–H groups in total. The third-order valence-corrected chi connectivity index (χ3v) is 5.10. The molecule has 0 unspecified atom stereocenters. The van der Waals surface area contributed by atoms with E-state index < -0.39 is 0 Å². The van der Waals surface area contributed by atoms with E-state index in [0.717, 1.165) is 12.8 Å². The molecule has 2 aromatic rings. The van der Waals surface area contributed by atoms with Crippen LogP contribution in [0.3, 0.4) is 0 Å². The highest BCUT2D eigenvalue weighted by Gasteiger charge is 2.45. The number of carbonyl (C=O) groups is 2. The van der Waals surface area contributed by atoms with Gasteiger partial charge in [0.15, 0.2) is 0 Å². The van der Waals surface area contributed by atoms with Crippen LogP contribution in [0, 0.1) is 0 Å². The van der Waals surface area contributed by atoms with Crippen LogP contribution in [-0.2, 0) is 0 Å². The zero-order valence-electron chi connectivity index (χ0n) is 12.9. The molecule has 8 heteroatoms. The number of likely N-dealkylation sites (tertiary alicyclic amines) is 1. The first-order valence-electron chi connectivity index (χ1n) is 7.71. The van der Waals surface area contributed by atoms with E-state index in [1.165, 1.54) is 4.63 Å². The maximum atomic E-state index is 12.8. The van der Waals surface area contributed by atoms with Crippen molar-refractivity contribution in [2.45, 2.75) is 18.4 Å².